The minimum atomic E-state index is -0.220. The Kier molecular flexibility index (Phi) is 7.23. The maximum Gasteiger partial charge on any atom is 0.274 e. The fourth-order valence-corrected chi connectivity index (χ4v) is 3.73. The zero-order valence-corrected chi connectivity index (χ0v) is 16.9. The third-order valence-electron chi connectivity index (χ3n) is 5.36. The molecule has 1 amide bonds. The lowest BCUT2D eigenvalue weighted by atomic mass is 10.1. The highest BCUT2D eigenvalue weighted by Gasteiger charge is 2.14. The van der Waals surface area contributed by atoms with E-state index in [2.05, 4.69) is 39.3 Å². The van der Waals surface area contributed by atoms with E-state index in [9.17, 15) is 4.79 Å². The lowest BCUT2D eigenvalue weighted by Crippen LogP contribution is -2.22. The summed E-state index contributed by atoms with van der Waals surface area (Å²) in [6.07, 6.45) is 8.89. The Balaban J connectivity index is 1.62. The number of nitrogens with one attached hydrogen (secondary N) is 2. The fraction of sp³-hybridized carbons (Fsp3) is 0.500. The zero-order valence-electron chi connectivity index (χ0n) is 16.9. The molecular formula is C22H31N5O. The Morgan fingerprint density at radius 2 is 1.71 bits per heavy atom. The van der Waals surface area contributed by atoms with E-state index in [0.717, 1.165) is 43.1 Å². The van der Waals surface area contributed by atoms with Gasteiger partial charge in [0.15, 0.2) is 0 Å². The number of hydrogen-bond donors (Lipinski definition) is 2. The average Bonchev–Trinajstić information content (AvgIpc) is 2.99. The molecule has 0 aliphatic heterocycles. The van der Waals surface area contributed by atoms with Crippen LogP contribution in [-0.4, -0.2) is 35.0 Å². The van der Waals surface area contributed by atoms with Gasteiger partial charge in [-0.05, 0) is 51.0 Å². The molecule has 1 saturated carbocycles. The van der Waals surface area contributed by atoms with Gasteiger partial charge in [-0.1, -0.05) is 25.7 Å². The molecule has 1 aliphatic carbocycles. The second kappa shape index (κ2) is 10.1. The predicted molar refractivity (Wildman–Crippen MR) is 115 cm³/mol. The van der Waals surface area contributed by atoms with Crippen LogP contribution in [0.1, 0.15) is 62.9 Å². The van der Waals surface area contributed by atoms with E-state index < -0.39 is 0 Å². The van der Waals surface area contributed by atoms with Crippen LogP contribution in [0.2, 0.25) is 0 Å². The van der Waals surface area contributed by atoms with E-state index in [1.165, 1.54) is 32.0 Å². The standard InChI is InChI=1S/C22H31N5O/c1-3-27(4-2)19-13-11-18(12-14-19)26-22(28)20-15-21(24-16-23-20)25-17-9-7-5-6-8-10-17/h11-17H,3-10H2,1-2H3,(H,26,28)(H,23,24,25). The number of carbonyl (C=O) groups excluding carboxylic acids is 1. The lowest BCUT2D eigenvalue weighted by molar-refractivity contribution is 0.102. The Bertz CT molecular complexity index is 750. The molecule has 2 aromatic rings. The monoisotopic (exact) mass is 381 g/mol. The quantitative estimate of drug-likeness (QED) is 0.680. The molecule has 1 aliphatic rings. The predicted octanol–water partition coefficient (Wildman–Crippen LogP) is 4.71. The summed E-state index contributed by atoms with van der Waals surface area (Å²) < 4.78 is 0. The van der Waals surface area contributed by atoms with Crippen LogP contribution in [0.5, 0.6) is 0 Å². The first-order valence-corrected chi connectivity index (χ1v) is 10.4. The first-order chi connectivity index (χ1) is 13.7. The van der Waals surface area contributed by atoms with Crippen LogP contribution >= 0.6 is 0 Å². The Labute approximate surface area is 167 Å². The summed E-state index contributed by atoms with van der Waals surface area (Å²) in [6, 6.07) is 10.1. The van der Waals surface area contributed by atoms with Crippen molar-refractivity contribution in [3.8, 4) is 0 Å². The topological polar surface area (TPSA) is 70.2 Å². The van der Waals surface area contributed by atoms with Crippen molar-refractivity contribution in [2.45, 2.75) is 58.4 Å². The molecule has 1 heterocycles. The first-order valence-electron chi connectivity index (χ1n) is 10.4. The molecule has 1 fully saturated rings. The third kappa shape index (κ3) is 5.44. The number of aromatic nitrogens is 2. The molecule has 0 spiro atoms. The molecular weight excluding hydrogens is 350 g/mol. The van der Waals surface area contributed by atoms with Crippen molar-refractivity contribution in [1.82, 2.24) is 9.97 Å². The van der Waals surface area contributed by atoms with Gasteiger partial charge < -0.3 is 15.5 Å². The number of amides is 1. The van der Waals surface area contributed by atoms with E-state index in [1.54, 1.807) is 6.07 Å². The summed E-state index contributed by atoms with van der Waals surface area (Å²) in [5, 5.41) is 6.40. The zero-order chi connectivity index (χ0) is 19.8. The van der Waals surface area contributed by atoms with Crippen LogP contribution in [0.4, 0.5) is 17.2 Å². The minimum absolute atomic E-state index is 0.220. The van der Waals surface area contributed by atoms with Crippen LogP contribution in [0.25, 0.3) is 0 Å². The number of nitrogens with zero attached hydrogens (tertiary/aromatic N) is 3. The van der Waals surface area contributed by atoms with Gasteiger partial charge in [0.1, 0.15) is 17.8 Å². The molecule has 28 heavy (non-hydrogen) atoms. The Hall–Kier alpha value is -2.63. The number of rotatable bonds is 7. The van der Waals surface area contributed by atoms with E-state index >= 15 is 0 Å². The molecule has 1 aromatic carbocycles. The Morgan fingerprint density at radius 1 is 1.04 bits per heavy atom. The van der Waals surface area contributed by atoms with Gasteiger partial charge in [0.2, 0.25) is 0 Å². The second-order valence-electron chi connectivity index (χ2n) is 7.29. The number of anilines is 3. The summed E-state index contributed by atoms with van der Waals surface area (Å²) in [6.45, 7) is 6.18. The van der Waals surface area contributed by atoms with E-state index in [1.807, 2.05) is 24.3 Å². The molecule has 2 N–H and O–H groups in total. The lowest BCUT2D eigenvalue weighted by Gasteiger charge is -2.21. The van der Waals surface area contributed by atoms with Gasteiger partial charge in [-0.25, -0.2) is 9.97 Å². The van der Waals surface area contributed by atoms with Crippen molar-refractivity contribution in [2.75, 3.05) is 28.6 Å². The second-order valence-corrected chi connectivity index (χ2v) is 7.29. The van der Waals surface area contributed by atoms with Gasteiger partial charge in [-0.15, -0.1) is 0 Å². The highest BCUT2D eigenvalue weighted by Crippen LogP contribution is 2.21. The van der Waals surface area contributed by atoms with Crippen LogP contribution in [0, 0.1) is 0 Å². The van der Waals surface area contributed by atoms with Crippen molar-refractivity contribution in [3.05, 3.63) is 42.4 Å². The van der Waals surface area contributed by atoms with Crippen molar-refractivity contribution in [3.63, 3.8) is 0 Å². The minimum Gasteiger partial charge on any atom is -0.372 e. The molecule has 0 unspecified atom stereocenters. The van der Waals surface area contributed by atoms with Crippen molar-refractivity contribution >= 4 is 23.1 Å². The van der Waals surface area contributed by atoms with E-state index in [0.29, 0.717) is 11.7 Å². The fourth-order valence-electron chi connectivity index (χ4n) is 3.73. The number of carbonyl (C=O) groups is 1. The maximum absolute atomic E-state index is 12.6. The third-order valence-corrected chi connectivity index (χ3v) is 5.36. The van der Waals surface area contributed by atoms with Crippen LogP contribution in [-0.2, 0) is 0 Å². The van der Waals surface area contributed by atoms with Gasteiger partial charge in [0.05, 0.1) is 0 Å². The summed E-state index contributed by atoms with van der Waals surface area (Å²) >= 11 is 0. The van der Waals surface area contributed by atoms with Gasteiger partial charge in [0, 0.05) is 36.6 Å². The van der Waals surface area contributed by atoms with Gasteiger partial charge in [-0.3, -0.25) is 4.79 Å². The van der Waals surface area contributed by atoms with Crippen molar-refractivity contribution in [1.29, 1.82) is 0 Å². The van der Waals surface area contributed by atoms with Crippen LogP contribution in [0.3, 0.4) is 0 Å². The summed E-state index contributed by atoms with van der Waals surface area (Å²) in [7, 11) is 0. The van der Waals surface area contributed by atoms with Crippen LogP contribution in [0.15, 0.2) is 36.7 Å². The molecule has 6 nitrogen and oxygen atoms in total. The molecule has 150 valence electrons. The Morgan fingerprint density at radius 3 is 2.36 bits per heavy atom. The SMILES string of the molecule is CCN(CC)c1ccc(NC(=O)c2cc(NC3CCCCCC3)ncn2)cc1. The highest BCUT2D eigenvalue weighted by molar-refractivity contribution is 6.03. The molecule has 6 heteroatoms. The molecule has 0 radical (unpaired) electrons. The average molecular weight is 382 g/mol. The van der Waals surface area contributed by atoms with Gasteiger partial charge >= 0.3 is 0 Å². The van der Waals surface area contributed by atoms with Crippen LogP contribution < -0.4 is 15.5 Å². The summed E-state index contributed by atoms with van der Waals surface area (Å²) in [5.74, 6) is 0.505. The van der Waals surface area contributed by atoms with Crippen molar-refractivity contribution in [2.24, 2.45) is 0 Å². The smallest absolute Gasteiger partial charge is 0.274 e. The van der Waals surface area contributed by atoms with E-state index in [4.69, 9.17) is 0 Å². The first kappa shape index (κ1) is 20.1. The molecule has 0 atom stereocenters. The highest BCUT2D eigenvalue weighted by atomic mass is 16.1. The molecule has 0 saturated heterocycles. The largest absolute Gasteiger partial charge is 0.372 e. The molecule has 3 rings (SSSR count). The maximum atomic E-state index is 12.6. The number of hydrogen-bond acceptors (Lipinski definition) is 5. The van der Waals surface area contributed by atoms with E-state index in [-0.39, 0.29) is 5.91 Å². The van der Waals surface area contributed by atoms with Gasteiger partial charge in [0.25, 0.3) is 5.91 Å². The summed E-state index contributed by atoms with van der Waals surface area (Å²) in [4.78, 5) is 23.3. The van der Waals surface area contributed by atoms with Crippen molar-refractivity contribution < 1.29 is 4.79 Å². The molecule has 1 aromatic heterocycles. The number of benzene rings is 1. The van der Waals surface area contributed by atoms with Gasteiger partial charge in [-0.2, -0.15) is 0 Å². The normalized spacial score (nSPS) is 14.9. The molecule has 0 bridgehead atoms. The summed E-state index contributed by atoms with van der Waals surface area (Å²) in [5.41, 5.74) is 2.29.